The summed E-state index contributed by atoms with van der Waals surface area (Å²) in [6.07, 6.45) is 1.68. The molecule has 0 fully saturated rings. The summed E-state index contributed by atoms with van der Waals surface area (Å²) in [5.41, 5.74) is 0.826. The summed E-state index contributed by atoms with van der Waals surface area (Å²) in [7, 11) is 0. The first-order valence-corrected chi connectivity index (χ1v) is 4.82. The van der Waals surface area contributed by atoms with E-state index in [0.717, 1.165) is 0 Å². The summed E-state index contributed by atoms with van der Waals surface area (Å²) < 4.78 is 6.40. The van der Waals surface area contributed by atoms with Gasteiger partial charge in [-0.2, -0.15) is 5.26 Å². The zero-order valence-corrected chi connectivity index (χ0v) is 8.67. The molecule has 5 heteroatoms. The third-order valence-electron chi connectivity index (χ3n) is 2.10. The van der Waals surface area contributed by atoms with Gasteiger partial charge in [0, 0.05) is 6.20 Å². The van der Waals surface area contributed by atoms with E-state index in [1.165, 1.54) is 0 Å². The van der Waals surface area contributed by atoms with Gasteiger partial charge in [-0.3, -0.25) is 4.40 Å². The first kappa shape index (κ1) is 10.2. The number of nitriles is 1. The predicted molar refractivity (Wildman–Crippen MR) is 55.9 cm³/mol. The van der Waals surface area contributed by atoms with Crippen molar-refractivity contribution in [3.63, 3.8) is 0 Å². The zero-order chi connectivity index (χ0) is 11.5. The van der Waals surface area contributed by atoms with Gasteiger partial charge in [0.1, 0.15) is 11.7 Å². The average Bonchev–Trinajstić information content (AvgIpc) is 2.67. The molecule has 0 N–H and O–H groups in total. The Kier molecular flexibility index (Phi) is 2.56. The monoisotopic (exact) mass is 215 g/mol. The van der Waals surface area contributed by atoms with Crippen LogP contribution < -0.4 is 0 Å². The topological polar surface area (TPSA) is 67.4 Å². The van der Waals surface area contributed by atoms with Crippen molar-refractivity contribution >= 4 is 11.6 Å². The van der Waals surface area contributed by atoms with Crippen molar-refractivity contribution in [1.29, 1.82) is 5.26 Å². The van der Waals surface area contributed by atoms with E-state index in [-0.39, 0.29) is 18.0 Å². The lowest BCUT2D eigenvalue weighted by Crippen LogP contribution is -2.07. The lowest BCUT2D eigenvalue weighted by atomic mass is 10.3. The van der Waals surface area contributed by atoms with Crippen molar-refractivity contribution in [3.8, 4) is 6.07 Å². The van der Waals surface area contributed by atoms with Gasteiger partial charge in [-0.1, -0.05) is 6.07 Å². The zero-order valence-electron chi connectivity index (χ0n) is 8.67. The van der Waals surface area contributed by atoms with Crippen LogP contribution in [-0.2, 0) is 4.74 Å². The molecule has 0 spiro atoms. The molecular formula is C11H9N3O2. The number of pyridine rings is 1. The second-order valence-electron chi connectivity index (χ2n) is 3.07. The van der Waals surface area contributed by atoms with Crippen LogP contribution in [0.4, 0.5) is 0 Å². The number of ether oxygens (including phenoxy) is 1. The summed E-state index contributed by atoms with van der Waals surface area (Å²) in [4.78, 5) is 15.6. The highest BCUT2D eigenvalue weighted by molar-refractivity contribution is 5.90. The maximum atomic E-state index is 11.5. The van der Waals surface area contributed by atoms with Crippen molar-refractivity contribution in [2.24, 2.45) is 0 Å². The SMILES string of the molecule is CCOC(=O)c1nc2ccccn2c1C#N. The summed E-state index contributed by atoms with van der Waals surface area (Å²) in [6.45, 7) is 1.97. The van der Waals surface area contributed by atoms with Crippen LogP contribution in [0.25, 0.3) is 5.65 Å². The molecule has 0 bridgehead atoms. The molecular weight excluding hydrogens is 206 g/mol. The van der Waals surface area contributed by atoms with Crippen molar-refractivity contribution in [2.75, 3.05) is 6.61 Å². The average molecular weight is 215 g/mol. The Balaban J connectivity index is 2.62. The van der Waals surface area contributed by atoms with Gasteiger partial charge in [0.15, 0.2) is 11.4 Å². The molecule has 0 aromatic carbocycles. The third kappa shape index (κ3) is 1.50. The first-order chi connectivity index (χ1) is 7.77. The van der Waals surface area contributed by atoms with Gasteiger partial charge in [-0.25, -0.2) is 9.78 Å². The number of esters is 1. The smallest absolute Gasteiger partial charge is 0.360 e. The number of hydrogen-bond acceptors (Lipinski definition) is 4. The molecule has 0 saturated heterocycles. The van der Waals surface area contributed by atoms with Gasteiger partial charge in [-0.15, -0.1) is 0 Å². The maximum Gasteiger partial charge on any atom is 0.360 e. The maximum absolute atomic E-state index is 11.5. The number of hydrogen-bond donors (Lipinski definition) is 0. The number of carbonyl (C=O) groups excluding carboxylic acids is 1. The Morgan fingerprint density at radius 3 is 3.12 bits per heavy atom. The molecule has 2 rings (SSSR count). The van der Waals surface area contributed by atoms with Gasteiger partial charge in [0.2, 0.25) is 0 Å². The molecule has 2 heterocycles. The van der Waals surface area contributed by atoms with Gasteiger partial charge >= 0.3 is 5.97 Å². The molecule has 0 aliphatic carbocycles. The minimum atomic E-state index is -0.567. The van der Waals surface area contributed by atoms with E-state index in [1.807, 2.05) is 6.07 Å². The fourth-order valence-corrected chi connectivity index (χ4v) is 1.44. The predicted octanol–water partition coefficient (Wildman–Crippen LogP) is 1.38. The van der Waals surface area contributed by atoms with Crippen molar-refractivity contribution in [3.05, 3.63) is 35.8 Å². The quantitative estimate of drug-likeness (QED) is 0.710. The normalized spacial score (nSPS) is 10.0. The molecule has 16 heavy (non-hydrogen) atoms. The molecule has 5 nitrogen and oxygen atoms in total. The number of imidazole rings is 1. The Hall–Kier alpha value is -2.35. The summed E-state index contributed by atoms with van der Waals surface area (Å²) in [5.74, 6) is -0.567. The molecule has 0 saturated carbocycles. The fourth-order valence-electron chi connectivity index (χ4n) is 1.44. The van der Waals surface area contributed by atoms with Crippen molar-refractivity contribution in [1.82, 2.24) is 9.38 Å². The minimum absolute atomic E-state index is 0.0653. The van der Waals surface area contributed by atoms with Gasteiger partial charge in [0.25, 0.3) is 0 Å². The molecule has 2 aromatic rings. The summed E-state index contributed by atoms with van der Waals surface area (Å²) >= 11 is 0. The Morgan fingerprint density at radius 2 is 2.44 bits per heavy atom. The van der Waals surface area contributed by atoms with Gasteiger partial charge in [0.05, 0.1) is 6.61 Å². The highest BCUT2D eigenvalue weighted by Crippen LogP contribution is 2.12. The van der Waals surface area contributed by atoms with Crippen molar-refractivity contribution < 1.29 is 9.53 Å². The Morgan fingerprint density at radius 1 is 1.62 bits per heavy atom. The summed E-state index contributed by atoms with van der Waals surface area (Å²) in [5, 5.41) is 9.00. The van der Waals surface area contributed by atoms with Gasteiger partial charge in [-0.05, 0) is 19.1 Å². The van der Waals surface area contributed by atoms with E-state index >= 15 is 0 Å². The lowest BCUT2D eigenvalue weighted by Gasteiger charge is -1.97. The van der Waals surface area contributed by atoms with E-state index in [1.54, 1.807) is 35.7 Å². The van der Waals surface area contributed by atoms with E-state index in [9.17, 15) is 4.79 Å². The van der Waals surface area contributed by atoms with E-state index in [2.05, 4.69) is 4.98 Å². The largest absolute Gasteiger partial charge is 0.461 e. The summed E-state index contributed by atoms with van der Waals surface area (Å²) in [6, 6.07) is 7.24. The highest BCUT2D eigenvalue weighted by Gasteiger charge is 2.19. The molecule has 2 aromatic heterocycles. The van der Waals surface area contributed by atoms with Crippen LogP contribution in [0.1, 0.15) is 23.1 Å². The number of nitrogens with zero attached hydrogens (tertiary/aromatic N) is 3. The highest BCUT2D eigenvalue weighted by atomic mass is 16.5. The Labute approximate surface area is 91.9 Å². The van der Waals surface area contributed by atoms with Crippen LogP contribution in [-0.4, -0.2) is 22.0 Å². The number of fused-ring (bicyclic) bond motifs is 1. The van der Waals surface area contributed by atoms with Crippen LogP contribution in [0, 0.1) is 11.3 Å². The molecule has 0 aliphatic rings. The fraction of sp³-hybridized carbons (Fsp3) is 0.182. The van der Waals surface area contributed by atoms with E-state index < -0.39 is 5.97 Å². The van der Waals surface area contributed by atoms with Gasteiger partial charge < -0.3 is 4.74 Å². The van der Waals surface area contributed by atoms with E-state index in [0.29, 0.717) is 5.65 Å². The third-order valence-corrected chi connectivity index (χ3v) is 2.10. The van der Waals surface area contributed by atoms with Crippen molar-refractivity contribution in [2.45, 2.75) is 6.92 Å². The minimum Gasteiger partial charge on any atom is -0.461 e. The van der Waals surface area contributed by atoms with Crippen LogP contribution in [0.3, 0.4) is 0 Å². The second kappa shape index (κ2) is 4.03. The number of carbonyl (C=O) groups is 1. The van der Waals surface area contributed by atoms with Crippen LogP contribution in [0.2, 0.25) is 0 Å². The first-order valence-electron chi connectivity index (χ1n) is 4.82. The number of aromatic nitrogens is 2. The molecule has 0 radical (unpaired) electrons. The second-order valence-corrected chi connectivity index (χ2v) is 3.07. The van der Waals surface area contributed by atoms with Crippen LogP contribution >= 0.6 is 0 Å². The Bertz CT molecular complexity index is 580. The number of rotatable bonds is 2. The lowest BCUT2D eigenvalue weighted by molar-refractivity contribution is 0.0520. The van der Waals surface area contributed by atoms with E-state index in [4.69, 9.17) is 10.00 Å². The molecule has 0 atom stereocenters. The molecule has 0 amide bonds. The molecule has 80 valence electrons. The van der Waals surface area contributed by atoms with Crippen LogP contribution in [0.5, 0.6) is 0 Å². The molecule has 0 unspecified atom stereocenters. The van der Waals surface area contributed by atoms with Crippen LogP contribution in [0.15, 0.2) is 24.4 Å². The standard InChI is InChI=1S/C11H9N3O2/c1-2-16-11(15)10-8(7-12)14-6-4-3-5-9(14)13-10/h3-6H,2H2,1H3. The molecule has 0 aliphatic heterocycles.